The lowest BCUT2D eigenvalue weighted by Crippen LogP contribution is -2.28. The van der Waals surface area contributed by atoms with Crippen LogP contribution >= 0.6 is 7.82 Å². The van der Waals surface area contributed by atoms with E-state index in [0.717, 1.165) is 44.9 Å². The molecule has 2 unspecified atom stereocenters. The third-order valence-corrected chi connectivity index (χ3v) is 10.9. The number of nitrogens with two attached hydrogens (primary N) is 1. The molecule has 8 nitrogen and oxygen atoms in total. The zero-order chi connectivity index (χ0) is 38.8. The summed E-state index contributed by atoms with van der Waals surface area (Å²) in [6.07, 6.45) is 45.1. The van der Waals surface area contributed by atoms with Crippen molar-refractivity contribution in [3.05, 3.63) is 12.2 Å². The van der Waals surface area contributed by atoms with Crippen LogP contribution in [0.5, 0.6) is 0 Å². The van der Waals surface area contributed by atoms with Crippen LogP contribution in [0.2, 0.25) is 0 Å². The van der Waals surface area contributed by atoms with Gasteiger partial charge in [-0.15, -0.1) is 0 Å². The van der Waals surface area contributed by atoms with Crippen molar-refractivity contribution in [3.8, 4) is 0 Å². The van der Waals surface area contributed by atoms with Crippen molar-refractivity contribution in [2.24, 2.45) is 5.73 Å². The minimum Gasteiger partial charge on any atom is -0.457 e. The van der Waals surface area contributed by atoms with Crippen LogP contribution < -0.4 is 5.73 Å². The first-order chi connectivity index (χ1) is 25.9. The fourth-order valence-corrected chi connectivity index (χ4v) is 7.35. The van der Waals surface area contributed by atoms with Gasteiger partial charge in [-0.1, -0.05) is 193 Å². The second-order valence-electron chi connectivity index (χ2n) is 15.3. The van der Waals surface area contributed by atoms with Crippen molar-refractivity contribution in [1.29, 1.82) is 0 Å². The third kappa shape index (κ3) is 42.2. The van der Waals surface area contributed by atoms with Crippen molar-refractivity contribution in [2.45, 2.75) is 232 Å². The first kappa shape index (κ1) is 52.2. The Labute approximate surface area is 328 Å². The third-order valence-electron chi connectivity index (χ3n) is 9.93. The number of esters is 1. The minimum absolute atomic E-state index is 0.0936. The highest BCUT2D eigenvalue weighted by molar-refractivity contribution is 7.47. The molecule has 9 heteroatoms. The summed E-state index contributed by atoms with van der Waals surface area (Å²) in [5.74, 6) is -0.334. The van der Waals surface area contributed by atoms with Crippen LogP contribution in [0.4, 0.5) is 0 Å². The maximum absolute atomic E-state index is 12.6. The molecule has 0 rings (SSSR count). The fourth-order valence-electron chi connectivity index (χ4n) is 6.58. The number of allylic oxidation sites excluding steroid dienone is 2. The molecule has 0 radical (unpaired) electrons. The maximum Gasteiger partial charge on any atom is 0.472 e. The van der Waals surface area contributed by atoms with E-state index >= 15 is 0 Å². The molecule has 0 saturated carbocycles. The van der Waals surface area contributed by atoms with E-state index < -0.39 is 13.9 Å². The molecule has 3 N–H and O–H groups in total. The van der Waals surface area contributed by atoms with Gasteiger partial charge in [-0.25, -0.2) is 4.57 Å². The van der Waals surface area contributed by atoms with Crippen molar-refractivity contribution in [2.75, 3.05) is 33.0 Å². The van der Waals surface area contributed by atoms with Crippen LogP contribution in [-0.2, 0) is 27.9 Å². The Morgan fingerprint density at radius 1 is 0.547 bits per heavy atom. The number of hydrogen-bond acceptors (Lipinski definition) is 7. The molecule has 0 aliphatic carbocycles. The smallest absolute Gasteiger partial charge is 0.457 e. The molecule has 2 atom stereocenters. The van der Waals surface area contributed by atoms with Crippen LogP contribution in [0.3, 0.4) is 0 Å². The van der Waals surface area contributed by atoms with Crippen molar-refractivity contribution in [1.82, 2.24) is 0 Å². The van der Waals surface area contributed by atoms with Gasteiger partial charge in [0.1, 0.15) is 6.10 Å². The molecule has 0 aromatic carbocycles. The van der Waals surface area contributed by atoms with E-state index in [4.69, 9.17) is 24.3 Å². The summed E-state index contributed by atoms with van der Waals surface area (Å²) in [4.78, 5) is 22.5. The molecule has 0 heterocycles. The summed E-state index contributed by atoms with van der Waals surface area (Å²) in [6.45, 7) is 4.96. The summed E-state index contributed by atoms with van der Waals surface area (Å²) < 4.78 is 33.5. The molecule has 53 heavy (non-hydrogen) atoms. The highest BCUT2D eigenvalue weighted by atomic mass is 31.2. The van der Waals surface area contributed by atoms with Crippen molar-refractivity contribution >= 4 is 13.8 Å². The SMILES string of the molecule is CCCCCCCCC/C=C\CCCCCCCC(=O)OC(COCCCCCCCCCCCCCCCCCCCC)COP(=O)(O)OCCN. The van der Waals surface area contributed by atoms with Crippen LogP contribution in [0.25, 0.3) is 0 Å². The van der Waals surface area contributed by atoms with Gasteiger partial charge in [0.15, 0.2) is 0 Å². The Hall–Kier alpha value is -0.760. The molecule has 0 saturated heterocycles. The van der Waals surface area contributed by atoms with E-state index in [0.29, 0.717) is 13.0 Å². The number of phosphoric acid groups is 1. The molecule has 0 fully saturated rings. The van der Waals surface area contributed by atoms with Gasteiger partial charge in [0.2, 0.25) is 0 Å². The zero-order valence-corrected chi connectivity index (χ0v) is 35.9. The van der Waals surface area contributed by atoms with Crippen molar-refractivity contribution in [3.63, 3.8) is 0 Å². The van der Waals surface area contributed by atoms with Gasteiger partial charge in [-0.05, 0) is 38.5 Å². The highest BCUT2D eigenvalue weighted by Crippen LogP contribution is 2.43. The number of phosphoric ester groups is 1. The lowest BCUT2D eigenvalue weighted by atomic mass is 10.0. The van der Waals surface area contributed by atoms with Gasteiger partial charge in [-0.3, -0.25) is 13.8 Å². The van der Waals surface area contributed by atoms with Gasteiger partial charge in [0.25, 0.3) is 0 Å². The molecule has 316 valence electrons. The van der Waals surface area contributed by atoms with Gasteiger partial charge < -0.3 is 20.1 Å². The molecule has 0 aromatic rings. The van der Waals surface area contributed by atoms with Crippen LogP contribution in [0.1, 0.15) is 226 Å². The van der Waals surface area contributed by atoms with Gasteiger partial charge in [0, 0.05) is 19.6 Å². The first-order valence-electron chi connectivity index (χ1n) is 22.7. The van der Waals surface area contributed by atoms with E-state index in [9.17, 15) is 14.3 Å². The quantitative estimate of drug-likeness (QED) is 0.0272. The number of rotatable bonds is 44. The van der Waals surface area contributed by atoms with Crippen molar-refractivity contribution < 1.29 is 32.8 Å². The van der Waals surface area contributed by atoms with Gasteiger partial charge in [0.05, 0.1) is 19.8 Å². The topological polar surface area (TPSA) is 117 Å². The number of ether oxygens (including phenoxy) is 2. The van der Waals surface area contributed by atoms with E-state index in [1.165, 1.54) is 161 Å². The van der Waals surface area contributed by atoms with Crippen LogP contribution in [-0.4, -0.2) is 49.9 Å². The lowest BCUT2D eigenvalue weighted by Gasteiger charge is -2.20. The van der Waals surface area contributed by atoms with Crippen LogP contribution in [0, 0.1) is 0 Å². The van der Waals surface area contributed by atoms with E-state index in [1.807, 2.05) is 0 Å². The number of hydrogen-bond donors (Lipinski definition) is 2. The molecule has 0 bridgehead atoms. The van der Waals surface area contributed by atoms with E-state index in [1.54, 1.807) is 0 Å². The predicted octanol–water partition coefficient (Wildman–Crippen LogP) is 13.5. The average Bonchev–Trinajstić information content (AvgIpc) is 3.15. The average molecular weight is 774 g/mol. The second kappa shape index (κ2) is 42.4. The van der Waals surface area contributed by atoms with E-state index in [2.05, 4.69) is 26.0 Å². The summed E-state index contributed by atoms with van der Waals surface area (Å²) in [5.41, 5.74) is 5.37. The Bertz CT molecular complexity index is 828. The maximum atomic E-state index is 12.6. The number of carbonyl (C=O) groups excluding carboxylic acids is 1. The number of unbranched alkanes of at least 4 members (excludes halogenated alkanes) is 29. The Kier molecular flexibility index (Phi) is 41.8. The fraction of sp³-hybridized carbons (Fsp3) is 0.932. The standard InChI is InChI=1S/C44H88NO7P/c1-3-5-7-9-11-13-15-17-19-21-22-24-26-28-30-32-34-36-39-49-41-43(42-51-53(47,48)50-40-38-45)52-44(46)37-35-33-31-29-27-25-23-20-18-16-14-12-10-8-6-4-2/h20,23,43H,3-19,21-22,24-42,45H2,1-2H3,(H,47,48)/b23-20-. The minimum atomic E-state index is -4.27. The first-order valence-corrected chi connectivity index (χ1v) is 24.2. The Morgan fingerprint density at radius 3 is 1.38 bits per heavy atom. The zero-order valence-electron chi connectivity index (χ0n) is 35.0. The monoisotopic (exact) mass is 774 g/mol. The molecular weight excluding hydrogens is 685 g/mol. The molecule has 0 aliphatic heterocycles. The van der Waals surface area contributed by atoms with Crippen LogP contribution in [0.15, 0.2) is 12.2 Å². The molecule has 0 aliphatic rings. The largest absolute Gasteiger partial charge is 0.472 e. The van der Waals surface area contributed by atoms with Gasteiger partial charge in [-0.2, -0.15) is 0 Å². The van der Waals surface area contributed by atoms with E-state index in [-0.39, 0.29) is 32.3 Å². The summed E-state index contributed by atoms with van der Waals surface area (Å²) in [7, 11) is -4.27. The molecule has 0 amide bonds. The molecule has 0 aromatic heterocycles. The summed E-state index contributed by atoms with van der Waals surface area (Å²) >= 11 is 0. The lowest BCUT2D eigenvalue weighted by molar-refractivity contribution is -0.154. The second-order valence-corrected chi connectivity index (χ2v) is 16.7. The number of carbonyl (C=O) groups is 1. The Morgan fingerprint density at radius 2 is 0.943 bits per heavy atom. The molecule has 0 spiro atoms. The summed E-state index contributed by atoms with van der Waals surface area (Å²) in [5, 5.41) is 0. The summed E-state index contributed by atoms with van der Waals surface area (Å²) in [6, 6.07) is 0. The normalized spacial score (nSPS) is 13.5. The highest BCUT2D eigenvalue weighted by Gasteiger charge is 2.25. The van der Waals surface area contributed by atoms with Gasteiger partial charge >= 0.3 is 13.8 Å². The molecular formula is C44H88NO7P. The Balaban J connectivity index is 3.98. The predicted molar refractivity (Wildman–Crippen MR) is 224 cm³/mol.